The quantitative estimate of drug-likeness (QED) is 0.682. The number of rotatable bonds is 7. The summed E-state index contributed by atoms with van der Waals surface area (Å²) >= 11 is 0. The molecule has 172 valence electrons. The molecule has 2 aromatic carbocycles. The lowest BCUT2D eigenvalue weighted by Crippen LogP contribution is -2.52. The average Bonchev–Trinajstić information content (AvgIpc) is 3.18. The molecule has 2 atom stereocenters. The van der Waals surface area contributed by atoms with E-state index in [1.807, 2.05) is 54.6 Å². The van der Waals surface area contributed by atoms with Crippen molar-refractivity contribution in [3.05, 3.63) is 65.7 Å². The Morgan fingerprint density at radius 3 is 2.28 bits per heavy atom. The highest BCUT2D eigenvalue weighted by atomic mass is 32.2. The Morgan fingerprint density at radius 1 is 1.03 bits per heavy atom. The van der Waals surface area contributed by atoms with E-state index in [2.05, 4.69) is 15.1 Å². The van der Waals surface area contributed by atoms with Crippen LogP contribution in [-0.2, 0) is 14.6 Å². The van der Waals surface area contributed by atoms with Crippen molar-refractivity contribution in [1.82, 2.24) is 15.1 Å². The molecule has 2 aliphatic heterocycles. The Hall–Kier alpha value is -2.42. The molecular formula is C24H31N3O4S. The molecule has 0 aromatic heterocycles. The number of benzene rings is 2. The predicted octanol–water partition coefficient (Wildman–Crippen LogP) is 1.71. The summed E-state index contributed by atoms with van der Waals surface area (Å²) < 4.78 is 28.8. The SMILES string of the molecule is COc1ccc(C(NC(=O)CN2CCN(C3CCS(=O)(=O)C3)CC2)c2ccccc2)cc1. The Bertz CT molecular complexity index is 1000. The normalized spacial score (nSPS) is 22.3. The zero-order valence-corrected chi connectivity index (χ0v) is 19.3. The van der Waals surface area contributed by atoms with Crippen LogP contribution in [0, 0.1) is 0 Å². The molecule has 0 spiro atoms. The summed E-state index contributed by atoms with van der Waals surface area (Å²) in [6.07, 6.45) is 0.726. The molecule has 0 saturated carbocycles. The first-order chi connectivity index (χ1) is 15.4. The van der Waals surface area contributed by atoms with E-state index < -0.39 is 9.84 Å². The van der Waals surface area contributed by atoms with Crippen molar-refractivity contribution in [2.45, 2.75) is 18.5 Å². The number of nitrogens with one attached hydrogen (secondary N) is 1. The van der Waals surface area contributed by atoms with E-state index in [9.17, 15) is 13.2 Å². The maximum absolute atomic E-state index is 12.9. The van der Waals surface area contributed by atoms with Crippen LogP contribution in [0.5, 0.6) is 5.75 Å². The molecule has 7 nitrogen and oxygen atoms in total. The van der Waals surface area contributed by atoms with Gasteiger partial charge >= 0.3 is 0 Å². The van der Waals surface area contributed by atoms with E-state index >= 15 is 0 Å². The first-order valence-corrected chi connectivity index (χ1v) is 12.9. The summed E-state index contributed by atoms with van der Waals surface area (Å²) in [5.74, 6) is 1.33. The van der Waals surface area contributed by atoms with Crippen molar-refractivity contribution in [2.24, 2.45) is 0 Å². The number of hydrogen-bond donors (Lipinski definition) is 1. The van der Waals surface area contributed by atoms with Crippen LogP contribution in [0.15, 0.2) is 54.6 Å². The Kier molecular flexibility index (Phi) is 7.13. The number of methoxy groups -OCH3 is 1. The van der Waals surface area contributed by atoms with Gasteiger partial charge in [0.25, 0.3) is 0 Å². The third-order valence-electron chi connectivity index (χ3n) is 6.39. The van der Waals surface area contributed by atoms with Crippen LogP contribution in [0.1, 0.15) is 23.6 Å². The molecule has 1 N–H and O–H groups in total. The summed E-state index contributed by atoms with van der Waals surface area (Å²) in [6.45, 7) is 3.46. The van der Waals surface area contributed by atoms with E-state index in [1.54, 1.807) is 7.11 Å². The van der Waals surface area contributed by atoms with Crippen LogP contribution in [-0.4, -0.2) is 81.5 Å². The lowest BCUT2D eigenvalue weighted by atomic mass is 9.98. The molecule has 2 aliphatic rings. The molecule has 0 aliphatic carbocycles. The van der Waals surface area contributed by atoms with Crippen LogP contribution >= 0.6 is 0 Å². The number of hydrogen-bond acceptors (Lipinski definition) is 6. The largest absolute Gasteiger partial charge is 0.497 e. The van der Waals surface area contributed by atoms with Crippen molar-refractivity contribution < 1.29 is 17.9 Å². The number of carbonyl (C=O) groups excluding carboxylic acids is 1. The van der Waals surface area contributed by atoms with Gasteiger partial charge in [0.15, 0.2) is 9.84 Å². The molecular weight excluding hydrogens is 426 g/mol. The van der Waals surface area contributed by atoms with E-state index in [4.69, 9.17) is 4.74 Å². The minimum absolute atomic E-state index is 0.0217. The van der Waals surface area contributed by atoms with Crippen molar-refractivity contribution in [3.63, 3.8) is 0 Å². The number of amides is 1. The second kappa shape index (κ2) is 10.0. The second-order valence-corrected chi connectivity index (χ2v) is 10.8. The molecule has 0 radical (unpaired) electrons. The zero-order valence-electron chi connectivity index (χ0n) is 18.4. The van der Waals surface area contributed by atoms with Gasteiger partial charge in [0.05, 0.1) is 31.2 Å². The number of nitrogens with zero attached hydrogens (tertiary/aromatic N) is 2. The lowest BCUT2D eigenvalue weighted by molar-refractivity contribution is -0.123. The zero-order chi connectivity index (χ0) is 22.6. The van der Waals surface area contributed by atoms with Gasteiger partial charge in [0.1, 0.15) is 5.75 Å². The summed E-state index contributed by atoms with van der Waals surface area (Å²) in [5.41, 5.74) is 2.02. The third-order valence-corrected chi connectivity index (χ3v) is 8.14. The molecule has 2 saturated heterocycles. The minimum Gasteiger partial charge on any atom is -0.497 e. The average molecular weight is 458 g/mol. The fraction of sp³-hybridized carbons (Fsp3) is 0.458. The fourth-order valence-electron chi connectivity index (χ4n) is 4.56. The van der Waals surface area contributed by atoms with E-state index in [1.165, 1.54) is 0 Å². The maximum Gasteiger partial charge on any atom is 0.234 e. The van der Waals surface area contributed by atoms with Crippen LogP contribution in [0.3, 0.4) is 0 Å². The van der Waals surface area contributed by atoms with Crippen molar-refractivity contribution in [3.8, 4) is 5.75 Å². The summed E-state index contributed by atoms with van der Waals surface area (Å²) in [6, 6.07) is 17.6. The smallest absolute Gasteiger partial charge is 0.234 e. The first-order valence-electron chi connectivity index (χ1n) is 11.1. The Labute approximate surface area is 190 Å². The van der Waals surface area contributed by atoms with Crippen molar-refractivity contribution in [2.75, 3.05) is 51.3 Å². The van der Waals surface area contributed by atoms with Crippen molar-refractivity contribution >= 4 is 15.7 Å². The summed E-state index contributed by atoms with van der Waals surface area (Å²) in [5, 5.41) is 3.20. The second-order valence-electron chi connectivity index (χ2n) is 8.55. The molecule has 1 amide bonds. The third kappa shape index (κ3) is 5.68. The highest BCUT2D eigenvalue weighted by Gasteiger charge is 2.34. The van der Waals surface area contributed by atoms with Crippen LogP contribution in [0.25, 0.3) is 0 Å². The lowest BCUT2D eigenvalue weighted by Gasteiger charge is -2.37. The molecule has 32 heavy (non-hydrogen) atoms. The van der Waals surface area contributed by atoms with Crippen LogP contribution in [0.4, 0.5) is 0 Å². The van der Waals surface area contributed by atoms with E-state index in [0.29, 0.717) is 12.3 Å². The number of carbonyl (C=O) groups is 1. The Morgan fingerprint density at radius 2 is 1.69 bits per heavy atom. The van der Waals surface area contributed by atoms with Gasteiger partial charge in [-0.1, -0.05) is 42.5 Å². The van der Waals surface area contributed by atoms with Gasteiger partial charge < -0.3 is 10.1 Å². The monoisotopic (exact) mass is 457 g/mol. The molecule has 2 fully saturated rings. The van der Waals surface area contributed by atoms with Crippen LogP contribution < -0.4 is 10.1 Å². The van der Waals surface area contributed by atoms with E-state index in [-0.39, 0.29) is 23.7 Å². The van der Waals surface area contributed by atoms with Crippen molar-refractivity contribution in [1.29, 1.82) is 0 Å². The molecule has 8 heteroatoms. The highest BCUT2D eigenvalue weighted by Crippen LogP contribution is 2.24. The van der Waals surface area contributed by atoms with Gasteiger partial charge in [-0.25, -0.2) is 8.42 Å². The molecule has 2 unspecified atom stereocenters. The Balaban J connectivity index is 1.35. The molecule has 4 rings (SSSR count). The van der Waals surface area contributed by atoms with Gasteiger partial charge in [0, 0.05) is 32.2 Å². The molecule has 2 heterocycles. The topological polar surface area (TPSA) is 79.0 Å². The summed E-state index contributed by atoms with van der Waals surface area (Å²) in [4.78, 5) is 17.4. The van der Waals surface area contributed by atoms with Gasteiger partial charge in [-0.2, -0.15) is 0 Å². The maximum atomic E-state index is 12.9. The highest BCUT2D eigenvalue weighted by molar-refractivity contribution is 7.91. The standard InChI is InChI=1S/C24H31N3O4S/c1-31-22-9-7-20(8-10-22)24(19-5-3-2-4-6-19)25-23(28)17-26-12-14-27(15-13-26)21-11-16-32(29,30)18-21/h2-10,21,24H,11-18H2,1H3,(H,25,28). The summed E-state index contributed by atoms with van der Waals surface area (Å²) in [7, 11) is -1.24. The first kappa shape index (κ1) is 22.8. The fourth-order valence-corrected chi connectivity index (χ4v) is 6.32. The number of sulfone groups is 1. The van der Waals surface area contributed by atoms with Gasteiger partial charge in [0.2, 0.25) is 5.91 Å². The minimum atomic E-state index is -2.88. The molecule has 2 aromatic rings. The van der Waals surface area contributed by atoms with Gasteiger partial charge in [-0.3, -0.25) is 14.6 Å². The predicted molar refractivity (Wildman–Crippen MR) is 124 cm³/mol. The van der Waals surface area contributed by atoms with Gasteiger partial charge in [-0.05, 0) is 29.7 Å². The number of ether oxygens (including phenoxy) is 1. The number of piperazine rings is 1. The molecule has 0 bridgehead atoms. The van der Waals surface area contributed by atoms with Gasteiger partial charge in [-0.15, -0.1) is 0 Å². The van der Waals surface area contributed by atoms with Crippen LogP contribution in [0.2, 0.25) is 0 Å². The van der Waals surface area contributed by atoms with E-state index in [0.717, 1.165) is 49.5 Å².